The predicted molar refractivity (Wildman–Crippen MR) is 114 cm³/mol. The largest absolute Gasteiger partial charge is 0.481 e. The van der Waals surface area contributed by atoms with Gasteiger partial charge in [0.2, 0.25) is 0 Å². The van der Waals surface area contributed by atoms with Gasteiger partial charge in [0.15, 0.2) is 6.10 Å². The van der Waals surface area contributed by atoms with Gasteiger partial charge in [-0.2, -0.15) is 0 Å². The lowest BCUT2D eigenvalue weighted by Gasteiger charge is -2.21. The van der Waals surface area contributed by atoms with Gasteiger partial charge in [0.25, 0.3) is 5.91 Å². The molecule has 27 heavy (non-hydrogen) atoms. The highest BCUT2D eigenvalue weighted by atomic mass is 16.5. The van der Waals surface area contributed by atoms with Crippen molar-refractivity contribution < 1.29 is 9.53 Å². The molecule has 0 saturated heterocycles. The number of anilines is 1. The third kappa shape index (κ3) is 6.42. The fourth-order valence-electron chi connectivity index (χ4n) is 2.88. The van der Waals surface area contributed by atoms with E-state index in [2.05, 4.69) is 57.3 Å². The summed E-state index contributed by atoms with van der Waals surface area (Å²) in [7, 11) is 0. The van der Waals surface area contributed by atoms with E-state index in [4.69, 9.17) is 4.74 Å². The SMILES string of the molecule is CCCCc1ccc(NC(=O)[C@H](CC)Oc2ccc(C(C)(C)C)cc2)cc1. The molecule has 1 amide bonds. The first-order chi connectivity index (χ1) is 12.8. The van der Waals surface area contributed by atoms with Crippen LogP contribution in [0.5, 0.6) is 5.75 Å². The van der Waals surface area contributed by atoms with E-state index in [1.165, 1.54) is 24.0 Å². The molecule has 2 rings (SSSR count). The zero-order valence-corrected chi connectivity index (χ0v) is 17.3. The van der Waals surface area contributed by atoms with Crippen LogP contribution >= 0.6 is 0 Å². The maximum Gasteiger partial charge on any atom is 0.265 e. The second kappa shape index (κ2) is 9.59. The van der Waals surface area contributed by atoms with Crippen LogP contribution in [-0.4, -0.2) is 12.0 Å². The Morgan fingerprint density at radius 3 is 2.15 bits per heavy atom. The van der Waals surface area contributed by atoms with Gasteiger partial charge in [-0.3, -0.25) is 4.79 Å². The number of hydrogen-bond donors (Lipinski definition) is 1. The van der Waals surface area contributed by atoms with Gasteiger partial charge in [-0.1, -0.05) is 65.3 Å². The first-order valence-electron chi connectivity index (χ1n) is 10.0. The lowest BCUT2D eigenvalue weighted by molar-refractivity contribution is -0.122. The zero-order valence-electron chi connectivity index (χ0n) is 17.3. The summed E-state index contributed by atoms with van der Waals surface area (Å²) in [6.07, 6.45) is 3.55. The van der Waals surface area contributed by atoms with Crippen LogP contribution in [0.1, 0.15) is 65.0 Å². The minimum absolute atomic E-state index is 0.101. The number of nitrogens with one attached hydrogen (secondary N) is 1. The molecule has 0 aromatic heterocycles. The molecule has 146 valence electrons. The number of unbranched alkanes of at least 4 members (excludes halogenated alkanes) is 1. The average molecular weight is 368 g/mol. The standard InChI is InChI=1S/C24H33NO2/c1-6-8-9-18-10-14-20(15-11-18)25-23(26)22(7-2)27-21-16-12-19(13-17-21)24(3,4)5/h10-17,22H,6-9H2,1-5H3,(H,25,26)/t22-/m0/s1. The molecule has 0 fully saturated rings. The minimum atomic E-state index is -0.509. The minimum Gasteiger partial charge on any atom is -0.481 e. The summed E-state index contributed by atoms with van der Waals surface area (Å²) in [5.41, 5.74) is 3.46. The van der Waals surface area contributed by atoms with Gasteiger partial charge in [-0.05, 0) is 60.1 Å². The Morgan fingerprint density at radius 1 is 1.00 bits per heavy atom. The number of benzene rings is 2. The summed E-state index contributed by atoms with van der Waals surface area (Å²) >= 11 is 0. The molecule has 0 heterocycles. The maximum absolute atomic E-state index is 12.6. The van der Waals surface area contributed by atoms with E-state index in [1.54, 1.807) is 0 Å². The fourth-order valence-corrected chi connectivity index (χ4v) is 2.88. The van der Waals surface area contributed by atoms with Gasteiger partial charge in [-0.25, -0.2) is 0 Å². The lowest BCUT2D eigenvalue weighted by Crippen LogP contribution is -2.32. The smallest absolute Gasteiger partial charge is 0.265 e. The van der Waals surface area contributed by atoms with Crippen LogP contribution in [0.3, 0.4) is 0 Å². The van der Waals surface area contributed by atoms with E-state index in [1.807, 2.05) is 31.2 Å². The molecule has 0 aliphatic heterocycles. The fraction of sp³-hybridized carbons (Fsp3) is 0.458. The van der Waals surface area contributed by atoms with Crippen molar-refractivity contribution in [3.8, 4) is 5.75 Å². The van der Waals surface area contributed by atoms with Crippen molar-refractivity contribution in [3.63, 3.8) is 0 Å². The Morgan fingerprint density at radius 2 is 1.63 bits per heavy atom. The van der Waals surface area contributed by atoms with Crippen LogP contribution in [0.25, 0.3) is 0 Å². The van der Waals surface area contributed by atoms with Crippen LogP contribution in [-0.2, 0) is 16.6 Å². The Balaban J connectivity index is 1.97. The van der Waals surface area contributed by atoms with Crippen molar-refractivity contribution >= 4 is 11.6 Å². The summed E-state index contributed by atoms with van der Waals surface area (Å²) in [4.78, 5) is 12.6. The topological polar surface area (TPSA) is 38.3 Å². The molecule has 0 bridgehead atoms. The van der Waals surface area contributed by atoms with E-state index < -0.39 is 6.10 Å². The molecule has 1 atom stereocenters. The molecule has 3 heteroatoms. The quantitative estimate of drug-likeness (QED) is 0.610. The lowest BCUT2D eigenvalue weighted by atomic mass is 9.87. The van der Waals surface area contributed by atoms with Gasteiger partial charge >= 0.3 is 0 Å². The molecule has 0 radical (unpaired) electrons. The van der Waals surface area contributed by atoms with Crippen LogP contribution in [0, 0.1) is 0 Å². The number of amides is 1. The number of hydrogen-bond acceptors (Lipinski definition) is 2. The van der Waals surface area contributed by atoms with E-state index in [-0.39, 0.29) is 11.3 Å². The highest BCUT2D eigenvalue weighted by molar-refractivity contribution is 5.94. The normalized spacial score (nSPS) is 12.5. The van der Waals surface area contributed by atoms with Crippen LogP contribution in [0.15, 0.2) is 48.5 Å². The van der Waals surface area contributed by atoms with Crippen LogP contribution < -0.4 is 10.1 Å². The van der Waals surface area contributed by atoms with Gasteiger partial charge in [0.1, 0.15) is 5.75 Å². The molecule has 0 aliphatic rings. The van der Waals surface area contributed by atoms with Crippen molar-refractivity contribution in [1.29, 1.82) is 0 Å². The highest BCUT2D eigenvalue weighted by Crippen LogP contribution is 2.25. The molecular weight excluding hydrogens is 334 g/mol. The summed E-state index contributed by atoms with van der Waals surface area (Å²) in [6, 6.07) is 16.1. The molecule has 2 aromatic rings. The zero-order chi connectivity index (χ0) is 19.9. The van der Waals surface area contributed by atoms with E-state index in [9.17, 15) is 4.79 Å². The molecule has 0 spiro atoms. The molecule has 1 N–H and O–H groups in total. The first kappa shape index (κ1) is 21.0. The van der Waals surface area contributed by atoms with Crippen molar-refractivity contribution in [3.05, 3.63) is 59.7 Å². The van der Waals surface area contributed by atoms with Crippen molar-refractivity contribution in [2.45, 2.75) is 71.8 Å². The monoisotopic (exact) mass is 367 g/mol. The van der Waals surface area contributed by atoms with Gasteiger partial charge < -0.3 is 10.1 Å². The third-order valence-electron chi connectivity index (χ3n) is 4.70. The van der Waals surface area contributed by atoms with Gasteiger partial charge in [-0.15, -0.1) is 0 Å². The first-order valence-corrected chi connectivity index (χ1v) is 10.0. The summed E-state index contributed by atoms with van der Waals surface area (Å²) in [5.74, 6) is 0.610. The molecule has 2 aromatic carbocycles. The van der Waals surface area contributed by atoms with Crippen molar-refractivity contribution in [2.24, 2.45) is 0 Å². The number of carbonyl (C=O) groups excluding carboxylic acids is 1. The number of carbonyl (C=O) groups is 1. The highest BCUT2D eigenvalue weighted by Gasteiger charge is 2.19. The molecule has 0 saturated carbocycles. The maximum atomic E-state index is 12.6. The number of rotatable bonds is 8. The average Bonchev–Trinajstić information content (AvgIpc) is 2.65. The Labute approximate surface area is 164 Å². The Bertz CT molecular complexity index is 712. The van der Waals surface area contributed by atoms with Crippen molar-refractivity contribution in [2.75, 3.05) is 5.32 Å². The molecular formula is C24H33NO2. The second-order valence-electron chi connectivity index (χ2n) is 8.08. The van der Waals surface area contributed by atoms with Gasteiger partial charge in [0.05, 0.1) is 0 Å². The van der Waals surface area contributed by atoms with E-state index in [0.717, 1.165) is 17.9 Å². The molecule has 0 aliphatic carbocycles. The van der Waals surface area contributed by atoms with Crippen molar-refractivity contribution in [1.82, 2.24) is 0 Å². The summed E-state index contributed by atoms with van der Waals surface area (Å²) < 4.78 is 5.93. The number of ether oxygens (including phenoxy) is 1. The summed E-state index contributed by atoms with van der Waals surface area (Å²) in [6.45, 7) is 10.7. The summed E-state index contributed by atoms with van der Waals surface area (Å²) in [5, 5.41) is 2.97. The Kier molecular flexibility index (Phi) is 7.46. The number of aryl methyl sites for hydroxylation is 1. The van der Waals surface area contributed by atoms with Gasteiger partial charge in [0, 0.05) is 5.69 Å². The van der Waals surface area contributed by atoms with Crippen LogP contribution in [0.2, 0.25) is 0 Å². The molecule has 0 unspecified atom stereocenters. The van der Waals surface area contributed by atoms with E-state index >= 15 is 0 Å². The van der Waals surface area contributed by atoms with E-state index in [0.29, 0.717) is 6.42 Å². The van der Waals surface area contributed by atoms with Crippen LogP contribution in [0.4, 0.5) is 5.69 Å². The second-order valence-corrected chi connectivity index (χ2v) is 8.08. The Hall–Kier alpha value is -2.29. The molecule has 3 nitrogen and oxygen atoms in total. The predicted octanol–water partition coefficient (Wildman–Crippen LogP) is 6.12. The third-order valence-corrected chi connectivity index (χ3v) is 4.70.